The smallest absolute Gasteiger partial charge is 0.368 e. The van der Waals surface area contributed by atoms with E-state index in [1.165, 1.54) is 43.0 Å². The van der Waals surface area contributed by atoms with E-state index in [-0.39, 0.29) is 48.4 Å². The molecule has 0 atom stereocenters. The summed E-state index contributed by atoms with van der Waals surface area (Å²) in [5, 5.41) is 23.4. The van der Waals surface area contributed by atoms with E-state index >= 15 is 0 Å². The highest BCUT2D eigenvalue weighted by Gasteiger charge is 2.35. The molecule has 2 aliphatic carbocycles. The molecule has 6 rings (SSSR count). The van der Waals surface area contributed by atoms with Crippen molar-refractivity contribution in [3.63, 3.8) is 0 Å². The fourth-order valence-electron chi connectivity index (χ4n) is 9.21. The third kappa shape index (κ3) is 18.1. The van der Waals surface area contributed by atoms with Gasteiger partial charge >= 0.3 is 6.18 Å². The molecule has 2 aromatic rings. The second kappa shape index (κ2) is 28.1. The zero-order valence-corrected chi connectivity index (χ0v) is 37.9. The Balaban J connectivity index is 0.000000323. The van der Waals surface area contributed by atoms with Gasteiger partial charge in [-0.25, -0.2) is 0 Å². The summed E-state index contributed by atoms with van der Waals surface area (Å²) in [6, 6.07) is 21.3. The summed E-state index contributed by atoms with van der Waals surface area (Å²) < 4.78 is 39.9. The Morgan fingerprint density at radius 2 is 1.16 bits per heavy atom. The van der Waals surface area contributed by atoms with Gasteiger partial charge in [0.15, 0.2) is 0 Å². The molecule has 342 valence electrons. The Morgan fingerprint density at radius 1 is 0.661 bits per heavy atom. The number of alkyl halides is 3. The number of anilines is 1. The summed E-state index contributed by atoms with van der Waals surface area (Å²) >= 11 is 0. The average molecular weight is 903 g/mol. The standard InChI is InChI=1S/C24H33F3N4O.C24H33N3O.2ClH/c25-24(26,27)21-5-1-2-6-22(21)31-17-15-30(16-18-31)14-12-19-8-10-20(11-9-19)29-23(32)7-3-4-13-28;25-16-5-4-8-24(28)26-23-11-9-20(10-12-23)13-17-27-18-14-22(15-19-27)21-6-2-1-3-7-21;;/h1-2,5-6,19-20H,3-4,7-12,14-18H2,(H,29,32);1-3,6-7,14,20,23H,4-5,8-13,15,17-19H2,(H,26,28);2*1H. The van der Waals surface area contributed by atoms with E-state index in [1.54, 1.807) is 12.1 Å². The largest absolute Gasteiger partial charge is 0.418 e. The van der Waals surface area contributed by atoms with Gasteiger partial charge in [0.25, 0.3) is 0 Å². The van der Waals surface area contributed by atoms with E-state index in [1.807, 2.05) is 4.90 Å². The molecule has 0 radical (unpaired) electrons. The highest BCUT2D eigenvalue weighted by Crippen LogP contribution is 2.37. The van der Waals surface area contributed by atoms with E-state index in [4.69, 9.17) is 10.5 Å². The van der Waals surface area contributed by atoms with Crippen molar-refractivity contribution in [1.82, 2.24) is 20.4 Å². The highest BCUT2D eigenvalue weighted by atomic mass is 35.5. The van der Waals surface area contributed by atoms with Gasteiger partial charge < -0.3 is 15.5 Å². The molecule has 0 aromatic heterocycles. The van der Waals surface area contributed by atoms with Gasteiger partial charge in [-0.15, -0.1) is 24.8 Å². The van der Waals surface area contributed by atoms with Crippen LogP contribution >= 0.6 is 24.8 Å². The first kappa shape index (κ1) is 52.5. The van der Waals surface area contributed by atoms with Crippen LogP contribution in [0.15, 0.2) is 60.7 Å². The van der Waals surface area contributed by atoms with Gasteiger partial charge in [-0.05, 0) is 132 Å². The number of carbonyl (C=O) groups excluding carboxylic acids is 2. The highest BCUT2D eigenvalue weighted by molar-refractivity contribution is 5.85. The van der Waals surface area contributed by atoms with Crippen LogP contribution in [0.4, 0.5) is 18.9 Å². The van der Waals surface area contributed by atoms with Crippen LogP contribution in [0.3, 0.4) is 0 Å². The molecule has 2 heterocycles. The molecule has 3 fully saturated rings. The molecule has 2 N–H and O–H groups in total. The second-order valence-electron chi connectivity index (χ2n) is 17.2. The van der Waals surface area contributed by atoms with Gasteiger partial charge in [0.05, 0.1) is 17.7 Å². The lowest BCUT2D eigenvalue weighted by Gasteiger charge is -2.38. The summed E-state index contributed by atoms with van der Waals surface area (Å²) in [5.74, 6) is 1.61. The number of unbranched alkanes of at least 4 members (excludes halogenated alkanes) is 2. The molecule has 2 saturated carbocycles. The van der Waals surface area contributed by atoms with Crippen molar-refractivity contribution < 1.29 is 22.8 Å². The molecule has 9 nitrogen and oxygen atoms in total. The molecule has 4 aliphatic rings. The monoisotopic (exact) mass is 901 g/mol. The van der Waals surface area contributed by atoms with E-state index in [0.717, 1.165) is 96.1 Å². The summed E-state index contributed by atoms with van der Waals surface area (Å²) in [6.45, 7) is 7.17. The van der Waals surface area contributed by atoms with Crippen LogP contribution < -0.4 is 15.5 Å². The Hall–Kier alpha value is -3.81. The molecule has 2 aliphatic heterocycles. The first-order valence-electron chi connectivity index (χ1n) is 22.5. The van der Waals surface area contributed by atoms with E-state index in [2.05, 4.69) is 69.0 Å². The Kier molecular flexibility index (Phi) is 23.8. The lowest BCUT2D eigenvalue weighted by molar-refractivity contribution is -0.137. The zero-order valence-electron chi connectivity index (χ0n) is 36.3. The van der Waals surface area contributed by atoms with Crippen LogP contribution in [-0.2, 0) is 15.8 Å². The maximum absolute atomic E-state index is 13.3. The van der Waals surface area contributed by atoms with Crippen LogP contribution in [0, 0.1) is 34.5 Å². The van der Waals surface area contributed by atoms with Crippen molar-refractivity contribution in [2.75, 3.05) is 57.3 Å². The summed E-state index contributed by atoms with van der Waals surface area (Å²) in [7, 11) is 0. The Bertz CT molecular complexity index is 1730. The minimum atomic E-state index is -4.33. The number of nitrogens with one attached hydrogen (secondary N) is 2. The van der Waals surface area contributed by atoms with Gasteiger partial charge in [0, 0.05) is 82.7 Å². The normalized spacial score (nSPS) is 21.9. The zero-order chi connectivity index (χ0) is 42.6. The third-order valence-electron chi connectivity index (χ3n) is 12.9. The lowest BCUT2D eigenvalue weighted by atomic mass is 9.84. The number of rotatable bonds is 16. The van der Waals surface area contributed by atoms with Crippen molar-refractivity contribution >= 4 is 47.9 Å². The third-order valence-corrected chi connectivity index (χ3v) is 12.9. The van der Waals surface area contributed by atoms with Crippen LogP contribution in [0.2, 0.25) is 0 Å². The van der Waals surface area contributed by atoms with Gasteiger partial charge in [-0.3, -0.25) is 19.4 Å². The number of para-hydroxylation sites is 1. The number of amides is 2. The first-order chi connectivity index (χ1) is 29.1. The number of nitriles is 2. The molecule has 0 spiro atoms. The fraction of sp³-hybridized carbons (Fsp3) is 0.625. The van der Waals surface area contributed by atoms with Gasteiger partial charge in [0.1, 0.15) is 0 Å². The van der Waals surface area contributed by atoms with Crippen LogP contribution in [0.1, 0.15) is 120 Å². The number of hydrogen-bond acceptors (Lipinski definition) is 7. The van der Waals surface area contributed by atoms with Crippen molar-refractivity contribution in [3.05, 3.63) is 71.8 Å². The van der Waals surface area contributed by atoms with E-state index in [9.17, 15) is 22.8 Å². The topological polar surface area (TPSA) is 116 Å². The average Bonchev–Trinajstić information content (AvgIpc) is 3.27. The quantitative estimate of drug-likeness (QED) is 0.161. The van der Waals surface area contributed by atoms with Crippen LogP contribution in [0.25, 0.3) is 5.57 Å². The van der Waals surface area contributed by atoms with Gasteiger partial charge in [0.2, 0.25) is 11.8 Å². The fourth-order valence-corrected chi connectivity index (χ4v) is 9.21. The van der Waals surface area contributed by atoms with Crippen molar-refractivity contribution in [1.29, 1.82) is 10.5 Å². The summed E-state index contributed by atoms with van der Waals surface area (Å²) in [5.41, 5.74) is 2.59. The maximum Gasteiger partial charge on any atom is 0.418 e. The predicted molar refractivity (Wildman–Crippen MR) is 246 cm³/mol. The molecule has 14 heteroatoms. The van der Waals surface area contributed by atoms with E-state index in [0.29, 0.717) is 63.6 Å². The lowest BCUT2D eigenvalue weighted by Crippen LogP contribution is -2.47. The Labute approximate surface area is 380 Å². The second-order valence-corrected chi connectivity index (χ2v) is 17.2. The minimum absolute atomic E-state index is 0. The Morgan fingerprint density at radius 3 is 1.65 bits per heavy atom. The SMILES string of the molecule is Cl.Cl.N#CCCCC(=O)NC1CCC(CCN2CC=C(c3ccccc3)CC2)CC1.N#CCCCC(=O)NC1CCC(CCN2CCN(c3ccccc3C(F)(F)F)CC2)CC1. The van der Waals surface area contributed by atoms with Crippen LogP contribution in [-0.4, -0.2) is 86.1 Å². The van der Waals surface area contributed by atoms with Crippen molar-refractivity contribution in [2.24, 2.45) is 11.8 Å². The van der Waals surface area contributed by atoms with Gasteiger partial charge in [-0.2, -0.15) is 23.7 Å². The molecular formula is C48H68Cl2F3N7O2. The first-order valence-corrected chi connectivity index (χ1v) is 22.5. The molecule has 0 bridgehead atoms. The van der Waals surface area contributed by atoms with E-state index < -0.39 is 11.7 Å². The molecule has 2 amide bonds. The van der Waals surface area contributed by atoms with Crippen molar-refractivity contribution in [3.8, 4) is 12.1 Å². The molecular weight excluding hydrogens is 834 g/mol. The molecule has 62 heavy (non-hydrogen) atoms. The maximum atomic E-state index is 13.3. The number of carbonyl (C=O) groups is 2. The number of nitrogens with zero attached hydrogens (tertiary/aromatic N) is 5. The number of piperazine rings is 1. The van der Waals surface area contributed by atoms with Gasteiger partial charge in [-0.1, -0.05) is 48.5 Å². The molecule has 2 aromatic carbocycles. The minimum Gasteiger partial charge on any atom is -0.368 e. The summed E-state index contributed by atoms with van der Waals surface area (Å²) in [6.07, 6.45) is 13.5. The summed E-state index contributed by atoms with van der Waals surface area (Å²) in [4.78, 5) is 30.6. The molecule has 1 saturated heterocycles. The molecule has 0 unspecified atom stereocenters. The van der Waals surface area contributed by atoms with Crippen molar-refractivity contribution in [2.45, 2.75) is 127 Å². The number of halogens is 5. The van der Waals surface area contributed by atoms with Crippen LogP contribution in [0.5, 0.6) is 0 Å². The number of hydrogen-bond donors (Lipinski definition) is 2. The predicted octanol–water partition coefficient (Wildman–Crippen LogP) is 9.96. The number of benzene rings is 2.